The lowest BCUT2D eigenvalue weighted by Gasteiger charge is -2.30. The summed E-state index contributed by atoms with van der Waals surface area (Å²) in [4.78, 5) is 2.21. The highest BCUT2D eigenvalue weighted by Gasteiger charge is 2.20. The molecule has 0 saturated carbocycles. The zero-order valence-corrected chi connectivity index (χ0v) is 7.87. The number of likely N-dealkylation sites (tertiary alicyclic amines) is 1. The first kappa shape index (κ1) is 10.0. The van der Waals surface area contributed by atoms with E-state index in [1.165, 1.54) is 12.8 Å². The number of nitrogens with zero attached hydrogens (tertiary/aromatic N) is 3. The maximum Gasteiger partial charge on any atom is 0.0977 e. The summed E-state index contributed by atoms with van der Waals surface area (Å²) in [7, 11) is 0. The van der Waals surface area contributed by atoms with Crippen LogP contribution in [0, 0.1) is 22.7 Å². The summed E-state index contributed by atoms with van der Waals surface area (Å²) in [6.45, 7) is 1.94. The summed E-state index contributed by atoms with van der Waals surface area (Å²) in [6.07, 6.45) is 4.88. The van der Waals surface area contributed by atoms with Gasteiger partial charge in [-0.1, -0.05) is 0 Å². The minimum atomic E-state index is 0.104. The topological polar surface area (TPSA) is 50.8 Å². The van der Waals surface area contributed by atoms with Gasteiger partial charge in [0, 0.05) is 13.0 Å². The van der Waals surface area contributed by atoms with Gasteiger partial charge in [0.2, 0.25) is 0 Å². The van der Waals surface area contributed by atoms with Crippen molar-refractivity contribution >= 4 is 0 Å². The SMILES string of the molecule is N#CCCCN1CCCCC1C#N. The van der Waals surface area contributed by atoms with Gasteiger partial charge >= 0.3 is 0 Å². The monoisotopic (exact) mass is 177 g/mol. The average Bonchev–Trinajstić information content (AvgIpc) is 2.19. The predicted molar refractivity (Wildman–Crippen MR) is 49.7 cm³/mol. The molecule has 0 bridgehead atoms. The molecule has 1 saturated heterocycles. The van der Waals surface area contributed by atoms with Crippen LogP contribution in [0.4, 0.5) is 0 Å². The first-order valence-corrected chi connectivity index (χ1v) is 4.89. The van der Waals surface area contributed by atoms with E-state index in [0.29, 0.717) is 6.42 Å². The molecule has 1 aliphatic heterocycles. The summed E-state index contributed by atoms with van der Waals surface area (Å²) in [5.74, 6) is 0. The number of hydrogen-bond acceptors (Lipinski definition) is 3. The molecule has 0 N–H and O–H groups in total. The summed E-state index contributed by atoms with van der Waals surface area (Å²) >= 11 is 0. The molecule has 1 fully saturated rings. The molecule has 0 aromatic rings. The van der Waals surface area contributed by atoms with Gasteiger partial charge in [0.05, 0.1) is 18.2 Å². The number of rotatable bonds is 3. The molecule has 0 aromatic heterocycles. The molecular formula is C10H15N3. The van der Waals surface area contributed by atoms with Gasteiger partial charge in [0.25, 0.3) is 0 Å². The third-order valence-corrected chi connectivity index (χ3v) is 2.50. The summed E-state index contributed by atoms with van der Waals surface area (Å²) in [5, 5.41) is 17.2. The van der Waals surface area contributed by atoms with Crippen molar-refractivity contribution in [2.45, 2.75) is 38.1 Å². The quantitative estimate of drug-likeness (QED) is 0.616. The molecule has 0 spiro atoms. The number of piperidine rings is 1. The van der Waals surface area contributed by atoms with Crippen LogP contribution in [-0.2, 0) is 0 Å². The van der Waals surface area contributed by atoms with Crippen molar-refractivity contribution in [3.8, 4) is 12.1 Å². The Balaban J connectivity index is 2.29. The minimum Gasteiger partial charge on any atom is -0.288 e. The van der Waals surface area contributed by atoms with Gasteiger partial charge in [-0.3, -0.25) is 4.90 Å². The van der Waals surface area contributed by atoms with Crippen LogP contribution in [0.1, 0.15) is 32.1 Å². The normalized spacial score (nSPS) is 23.4. The van der Waals surface area contributed by atoms with E-state index in [9.17, 15) is 0 Å². The average molecular weight is 177 g/mol. The summed E-state index contributed by atoms with van der Waals surface area (Å²) in [5.41, 5.74) is 0. The minimum absolute atomic E-state index is 0.104. The van der Waals surface area contributed by atoms with Gasteiger partial charge in [-0.15, -0.1) is 0 Å². The number of nitriles is 2. The highest BCUT2D eigenvalue weighted by atomic mass is 15.2. The van der Waals surface area contributed by atoms with Gasteiger partial charge in [-0.05, 0) is 32.2 Å². The van der Waals surface area contributed by atoms with E-state index in [4.69, 9.17) is 10.5 Å². The second-order valence-electron chi connectivity index (χ2n) is 3.44. The van der Waals surface area contributed by atoms with E-state index in [0.717, 1.165) is 25.9 Å². The van der Waals surface area contributed by atoms with E-state index in [-0.39, 0.29) is 6.04 Å². The van der Waals surface area contributed by atoms with E-state index >= 15 is 0 Å². The van der Waals surface area contributed by atoms with Crippen molar-refractivity contribution in [1.82, 2.24) is 4.90 Å². The smallest absolute Gasteiger partial charge is 0.0977 e. The molecule has 0 aliphatic carbocycles. The van der Waals surface area contributed by atoms with Crippen LogP contribution < -0.4 is 0 Å². The Morgan fingerprint density at radius 2 is 2.15 bits per heavy atom. The van der Waals surface area contributed by atoms with Crippen molar-refractivity contribution < 1.29 is 0 Å². The fourth-order valence-electron chi connectivity index (χ4n) is 1.77. The van der Waals surface area contributed by atoms with E-state index in [1.54, 1.807) is 0 Å². The van der Waals surface area contributed by atoms with Crippen LogP contribution in [-0.4, -0.2) is 24.0 Å². The molecule has 70 valence electrons. The lowest BCUT2D eigenvalue weighted by molar-refractivity contribution is 0.183. The van der Waals surface area contributed by atoms with Crippen LogP contribution in [0.2, 0.25) is 0 Å². The van der Waals surface area contributed by atoms with E-state index in [2.05, 4.69) is 17.0 Å². The third kappa shape index (κ3) is 3.05. The number of hydrogen-bond donors (Lipinski definition) is 0. The van der Waals surface area contributed by atoms with Crippen molar-refractivity contribution in [2.75, 3.05) is 13.1 Å². The molecule has 1 unspecified atom stereocenters. The standard InChI is InChI=1S/C10H15N3/c11-6-2-4-8-13-7-3-1-5-10(13)9-12/h10H,1-5,7-8H2. The third-order valence-electron chi connectivity index (χ3n) is 2.50. The van der Waals surface area contributed by atoms with Crippen molar-refractivity contribution in [3.05, 3.63) is 0 Å². The van der Waals surface area contributed by atoms with Crippen LogP contribution in [0.15, 0.2) is 0 Å². The molecule has 1 heterocycles. The molecule has 0 amide bonds. The molecule has 1 atom stereocenters. The van der Waals surface area contributed by atoms with Crippen LogP contribution in [0.3, 0.4) is 0 Å². The van der Waals surface area contributed by atoms with Crippen molar-refractivity contribution in [1.29, 1.82) is 10.5 Å². The highest BCUT2D eigenvalue weighted by molar-refractivity contribution is 4.94. The molecule has 3 heteroatoms. The zero-order chi connectivity index (χ0) is 9.52. The Morgan fingerprint density at radius 1 is 1.31 bits per heavy atom. The lowest BCUT2D eigenvalue weighted by atomic mass is 10.0. The molecule has 13 heavy (non-hydrogen) atoms. The fraction of sp³-hybridized carbons (Fsp3) is 0.800. The predicted octanol–water partition coefficient (Wildman–Crippen LogP) is 1.67. The first-order chi connectivity index (χ1) is 6.38. The highest BCUT2D eigenvalue weighted by Crippen LogP contribution is 2.16. The summed E-state index contributed by atoms with van der Waals surface area (Å²) < 4.78 is 0. The zero-order valence-electron chi connectivity index (χ0n) is 7.87. The molecule has 1 aliphatic rings. The number of unbranched alkanes of at least 4 members (excludes halogenated alkanes) is 1. The van der Waals surface area contributed by atoms with Crippen LogP contribution >= 0.6 is 0 Å². The molecule has 1 rings (SSSR count). The molecule has 0 aromatic carbocycles. The lowest BCUT2D eigenvalue weighted by Crippen LogP contribution is -2.39. The summed E-state index contributed by atoms with van der Waals surface area (Å²) in [6, 6.07) is 4.56. The van der Waals surface area contributed by atoms with Gasteiger partial charge < -0.3 is 0 Å². The molecule has 3 nitrogen and oxygen atoms in total. The Hall–Kier alpha value is -1.06. The molecular weight excluding hydrogens is 162 g/mol. The van der Waals surface area contributed by atoms with Gasteiger partial charge in [-0.2, -0.15) is 10.5 Å². The maximum atomic E-state index is 8.86. The van der Waals surface area contributed by atoms with Gasteiger partial charge in [0.15, 0.2) is 0 Å². The Bertz CT molecular complexity index is 223. The maximum absolute atomic E-state index is 8.86. The Labute approximate surface area is 79.6 Å². The Kier molecular flexibility index (Phi) is 4.29. The van der Waals surface area contributed by atoms with Crippen molar-refractivity contribution in [3.63, 3.8) is 0 Å². The Morgan fingerprint density at radius 3 is 2.85 bits per heavy atom. The second-order valence-corrected chi connectivity index (χ2v) is 3.44. The van der Waals surface area contributed by atoms with E-state index < -0.39 is 0 Å². The van der Waals surface area contributed by atoms with Crippen molar-refractivity contribution in [2.24, 2.45) is 0 Å². The van der Waals surface area contributed by atoms with Gasteiger partial charge in [0.1, 0.15) is 0 Å². The fourth-order valence-corrected chi connectivity index (χ4v) is 1.77. The largest absolute Gasteiger partial charge is 0.288 e. The molecule has 0 radical (unpaired) electrons. The first-order valence-electron chi connectivity index (χ1n) is 4.89. The van der Waals surface area contributed by atoms with Gasteiger partial charge in [-0.25, -0.2) is 0 Å². The van der Waals surface area contributed by atoms with E-state index in [1.807, 2.05) is 0 Å². The van der Waals surface area contributed by atoms with Crippen LogP contribution in [0.25, 0.3) is 0 Å². The van der Waals surface area contributed by atoms with Crippen LogP contribution in [0.5, 0.6) is 0 Å². The second kappa shape index (κ2) is 5.56.